The van der Waals surface area contributed by atoms with E-state index in [1.54, 1.807) is 26.6 Å². The molecule has 0 aliphatic rings. The lowest BCUT2D eigenvalue weighted by molar-refractivity contribution is -0.121. The summed E-state index contributed by atoms with van der Waals surface area (Å²) >= 11 is 0. The van der Waals surface area contributed by atoms with E-state index in [0.29, 0.717) is 5.69 Å². The number of carbonyl (C=O) groups excluding carboxylic acids is 2. The number of rotatable bonds is 5. The molecule has 3 amide bonds. The van der Waals surface area contributed by atoms with Crippen molar-refractivity contribution in [1.29, 1.82) is 0 Å². The summed E-state index contributed by atoms with van der Waals surface area (Å²) in [4.78, 5) is 32.2. The van der Waals surface area contributed by atoms with Crippen LogP contribution in [0.5, 0.6) is 0 Å². The van der Waals surface area contributed by atoms with Crippen molar-refractivity contribution >= 4 is 17.6 Å². The van der Waals surface area contributed by atoms with Gasteiger partial charge in [0.05, 0.1) is 18.2 Å². The molecule has 0 saturated heterocycles. The number of benzene rings is 1. The lowest BCUT2D eigenvalue weighted by Gasteiger charge is -2.24. The SMILES string of the molecule is CNC(=O)C[C@H](C)N(C)C(=O)Nc1cccc(-c2cnc[nH]2)c1. The number of aromatic nitrogens is 2. The summed E-state index contributed by atoms with van der Waals surface area (Å²) in [6, 6.07) is 7.01. The smallest absolute Gasteiger partial charge is 0.321 e. The molecule has 7 heteroatoms. The van der Waals surface area contributed by atoms with E-state index in [1.165, 1.54) is 4.90 Å². The van der Waals surface area contributed by atoms with Crippen LogP contribution in [0.15, 0.2) is 36.8 Å². The van der Waals surface area contributed by atoms with Gasteiger partial charge in [-0.2, -0.15) is 0 Å². The molecule has 0 unspecified atom stereocenters. The van der Waals surface area contributed by atoms with Crippen molar-refractivity contribution in [3.8, 4) is 11.3 Å². The van der Waals surface area contributed by atoms with Gasteiger partial charge in [0.1, 0.15) is 0 Å². The summed E-state index contributed by atoms with van der Waals surface area (Å²) in [6.45, 7) is 1.83. The van der Waals surface area contributed by atoms with Crippen LogP contribution in [0.2, 0.25) is 0 Å². The van der Waals surface area contributed by atoms with Crippen LogP contribution < -0.4 is 10.6 Å². The first-order chi connectivity index (χ1) is 11.0. The molecule has 0 aliphatic carbocycles. The Morgan fingerprint density at radius 1 is 1.39 bits per heavy atom. The first-order valence-corrected chi connectivity index (χ1v) is 7.34. The summed E-state index contributed by atoms with van der Waals surface area (Å²) in [6.07, 6.45) is 3.59. The van der Waals surface area contributed by atoms with Crippen LogP contribution in [0.3, 0.4) is 0 Å². The molecule has 23 heavy (non-hydrogen) atoms. The summed E-state index contributed by atoms with van der Waals surface area (Å²) in [5.74, 6) is -0.0987. The monoisotopic (exact) mass is 315 g/mol. The van der Waals surface area contributed by atoms with E-state index in [-0.39, 0.29) is 24.4 Å². The van der Waals surface area contributed by atoms with Crippen LogP contribution in [0.25, 0.3) is 11.3 Å². The zero-order valence-corrected chi connectivity index (χ0v) is 13.5. The molecule has 3 N–H and O–H groups in total. The molecule has 1 atom stereocenters. The largest absolute Gasteiger partial charge is 0.359 e. The van der Waals surface area contributed by atoms with E-state index < -0.39 is 0 Å². The highest BCUT2D eigenvalue weighted by atomic mass is 16.2. The number of aromatic amines is 1. The summed E-state index contributed by atoms with van der Waals surface area (Å²) in [7, 11) is 3.25. The fraction of sp³-hybridized carbons (Fsp3) is 0.312. The van der Waals surface area contributed by atoms with Gasteiger partial charge in [-0.05, 0) is 19.1 Å². The highest BCUT2D eigenvalue weighted by Gasteiger charge is 2.18. The molecule has 1 heterocycles. The van der Waals surface area contributed by atoms with E-state index in [2.05, 4.69) is 20.6 Å². The highest BCUT2D eigenvalue weighted by Crippen LogP contribution is 2.20. The minimum Gasteiger partial charge on any atom is -0.359 e. The van der Waals surface area contributed by atoms with Crippen LogP contribution in [0, 0.1) is 0 Å². The molecule has 7 nitrogen and oxygen atoms in total. The third-order valence-corrected chi connectivity index (χ3v) is 3.66. The van der Waals surface area contributed by atoms with Crippen molar-refractivity contribution in [3.05, 3.63) is 36.8 Å². The van der Waals surface area contributed by atoms with Crippen LogP contribution in [0.1, 0.15) is 13.3 Å². The van der Waals surface area contributed by atoms with Crippen molar-refractivity contribution < 1.29 is 9.59 Å². The molecule has 122 valence electrons. The van der Waals surface area contributed by atoms with E-state index in [0.717, 1.165) is 11.3 Å². The van der Waals surface area contributed by atoms with Gasteiger partial charge in [-0.3, -0.25) is 4.79 Å². The predicted octanol–water partition coefficient (Wildman–Crippen LogP) is 2.06. The Balaban J connectivity index is 2.02. The number of urea groups is 1. The van der Waals surface area contributed by atoms with Crippen molar-refractivity contribution in [2.45, 2.75) is 19.4 Å². The maximum atomic E-state index is 12.3. The van der Waals surface area contributed by atoms with Gasteiger partial charge in [-0.1, -0.05) is 12.1 Å². The van der Waals surface area contributed by atoms with Gasteiger partial charge >= 0.3 is 6.03 Å². The Morgan fingerprint density at radius 3 is 2.83 bits per heavy atom. The van der Waals surface area contributed by atoms with Gasteiger partial charge in [0.15, 0.2) is 0 Å². The molecule has 2 rings (SSSR count). The van der Waals surface area contributed by atoms with Gasteiger partial charge < -0.3 is 20.5 Å². The molecule has 0 fully saturated rings. The van der Waals surface area contributed by atoms with Crippen molar-refractivity contribution in [1.82, 2.24) is 20.2 Å². The number of amides is 3. The number of H-pyrrole nitrogens is 1. The predicted molar refractivity (Wildman–Crippen MR) is 89.0 cm³/mol. The second-order valence-electron chi connectivity index (χ2n) is 5.31. The van der Waals surface area contributed by atoms with Crippen molar-refractivity contribution in [2.75, 3.05) is 19.4 Å². The summed E-state index contributed by atoms with van der Waals surface area (Å²) in [5.41, 5.74) is 2.49. The van der Waals surface area contributed by atoms with Gasteiger partial charge in [-0.15, -0.1) is 0 Å². The summed E-state index contributed by atoms with van der Waals surface area (Å²) < 4.78 is 0. The topological polar surface area (TPSA) is 90.1 Å². The molecule has 0 radical (unpaired) electrons. The van der Waals surface area contributed by atoms with Crippen molar-refractivity contribution in [3.63, 3.8) is 0 Å². The van der Waals surface area contributed by atoms with Crippen molar-refractivity contribution in [2.24, 2.45) is 0 Å². The number of hydrogen-bond donors (Lipinski definition) is 3. The van der Waals surface area contributed by atoms with Gasteiger partial charge in [0.2, 0.25) is 5.91 Å². The number of carbonyl (C=O) groups is 2. The Labute approximate surface area is 135 Å². The highest BCUT2D eigenvalue weighted by molar-refractivity contribution is 5.90. The lowest BCUT2D eigenvalue weighted by atomic mass is 10.1. The normalized spacial score (nSPS) is 11.6. The standard InChI is InChI=1S/C16H21N5O2/c1-11(7-15(22)17-2)21(3)16(23)20-13-6-4-5-12(8-13)14-9-18-10-19-14/h4-6,8-11H,7H2,1-3H3,(H,17,22)(H,18,19)(H,20,23)/t11-/m0/s1. The second-order valence-corrected chi connectivity index (χ2v) is 5.31. The molecular formula is C16H21N5O2. The summed E-state index contributed by atoms with van der Waals surface area (Å²) in [5, 5.41) is 5.39. The van der Waals surface area contributed by atoms with Crippen LogP contribution >= 0.6 is 0 Å². The fourth-order valence-electron chi connectivity index (χ4n) is 2.10. The zero-order chi connectivity index (χ0) is 16.8. The molecule has 1 aromatic heterocycles. The molecule has 0 saturated carbocycles. The maximum absolute atomic E-state index is 12.3. The Bertz CT molecular complexity index is 669. The Morgan fingerprint density at radius 2 is 2.17 bits per heavy atom. The van der Waals surface area contributed by atoms with E-state index in [4.69, 9.17) is 0 Å². The number of imidazole rings is 1. The minimum absolute atomic E-state index is 0.0987. The number of nitrogens with zero attached hydrogens (tertiary/aromatic N) is 2. The Kier molecular flexibility index (Phi) is 5.35. The van der Waals surface area contributed by atoms with Gasteiger partial charge in [-0.25, -0.2) is 9.78 Å². The number of anilines is 1. The third kappa shape index (κ3) is 4.32. The van der Waals surface area contributed by atoms with E-state index >= 15 is 0 Å². The molecular weight excluding hydrogens is 294 g/mol. The molecule has 0 spiro atoms. The number of hydrogen-bond acceptors (Lipinski definition) is 3. The number of nitrogens with one attached hydrogen (secondary N) is 3. The van der Waals surface area contributed by atoms with Crippen LogP contribution in [-0.2, 0) is 4.79 Å². The third-order valence-electron chi connectivity index (χ3n) is 3.66. The average molecular weight is 315 g/mol. The first-order valence-electron chi connectivity index (χ1n) is 7.34. The molecule has 2 aromatic rings. The fourth-order valence-corrected chi connectivity index (χ4v) is 2.10. The maximum Gasteiger partial charge on any atom is 0.321 e. The quantitative estimate of drug-likeness (QED) is 0.789. The average Bonchev–Trinajstić information content (AvgIpc) is 3.08. The minimum atomic E-state index is -0.261. The second kappa shape index (κ2) is 7.44. The van der Waals surface area contributed by atoms with Crippen LogP contribution in [-0.4, -0.2) is 46.9 Å². The van der Waals surface area contributed by atoms with Crippen LogP contribution in [0.4, 0.5) is 10.5 Å². The Hall–Kier alpha value is -2.83. The first kappa shape index (κ1) is 16.5. The lowest BCUT2D eigenvalue weighted by Crippen LogP contribution is -2.40. The van der Waals surface area contributed by atoms with Gasteiger partial charge in [0, 0.05) is 37.8 Å². The van der Waals surface area contributed by atoms with E-state index in [1.807, 2.05) is 31.2 Å². The zero-order valence-electron chi connectivity index (χ0n) is 13.5. The molecule has 1 aromatic carbocycles. The van der Waals surface area contributed by atoms with E-state index in [9.17, 15) is 9.59 Å². The molecule has 0 aliphatic heterocycles. The van der Waals surface area contributed by atoms with Gasteiger partial charge in [0.25, 0.3) is 0 Å². The molecule has 0 bridgehead atoms.